The number of hydrogen-bond acceptors (Lipinski definition) is 4. The van der Waals surface area contributed by atoms with E-state index in [0.29, 0.717) is 19.0 Å². The zero-order valence-electron chi connectivity index (χ0n) is 18.8. The lowest BCUT2D eigenvalue weighted by molar-refractivity contribution is -0.142. The molecular weight excluding hydrogens is 380 g/mol. The van der Waals surface area contributed by atoms with Crippen molar-refractivity contribution >= 4 is 11.8 Å². The number of rotatable bonds is 8. The average molecular weight is 415 g/mol. The molecule has 3 aliphatic rings. The Balaban J connectivity index is 1.39. The first-order valence-corrected chi connectivity index (χ1v) is 11.1. The SMILES string of the molecule is Cc1cc(C)n(CCCN(C)C(=O)C2C3C(=O)N(CCC(C)C)C[C@]34C=C[C@H]2O4)n1. The van der Waals surface area contributed by atoms with E-state index in [0.717, 1.165) is 37.3 Å². The van der Waals surface area contributed by atoms with Gasteiger partial charge >= 0.3 is 0 Å². The highest BCUT2D eigenvalue weighted by Gasteiger charge is 2.66. The van der Waals surface area contributed by atoms with Crippen LogP contribution in [0.15, 0.2) is 18.2 Å². The first kappa shape index (κ1) is 21.1. The van der Waals surface area contributed by atoms with Crippen LogP contribution in [0.1, 0.15) is 38.1 Å². The van der Waals surface area contributed by atoms with Gasteiger partial charge in [-0.3, -0.25) is 14.3 Å². The molecule has 2 fully saturated rings. The number of likely N-dealkylation sites (tertiary alicyclic amines) is 1. The number of aromatic nitrogens is 2. The minimum Gasteiger partial charge on any atom is -0.360 e. The lowest BCUT2D eigenvalue weighted by atomic mass is 9.76. The highest BCUT2D eigenvalue weighted by Crippen LogP contribution is 2.52. The number of fused-ring (bicyclic) bond motifs is 1. The lowest BCUT2D eigenvalue weighted by Gasteiger charge is -2.28. The van der Waals surface area contributed by atoms with Crippen LogP contribution in [0.5, 0.6) is 0 Å². The molecule has 0 aromatic carbocycles. The summed E-state index contributed by atoms with van der Waals surface area (Å²) in [6.07, 6.45) is 5.52. The number of hydrogen-bond donors (Lipinski definition) is 0. The summed E-state index contributed by atoms with van der Waals surface area (Å²) in [7, 11) is 1.84. The Hall–Kier alpha value is -2.15. The minimum atomic E-state index is -0.608. The average Bonchev–Trinajstić information content (AvgIpc) is 3.40. The lowest BCUT2D eigenvalue weighted by Crippen LogP contribution is -2.45. The summed E-state index contributed by atoms with van der Waals surface area (Å²) < 4.78 is 8.22. The van der Waals surface area contributed by atoms with Gasteiger partial charge in [-0.15, -0.1) is 0 Å². The summed E-state index contributed by atoms with van der Waals surface area (Å²) in [6, 6.07) is 2.06. The normalized spacial score (nSPS) is 29.3. The molecule has 30 heavy (non-hydrogen) atoms. The molecule has 4 heterocycles. The third-order valence-electron chi connectivity index (χ3n) is 6.78. The fourth-order valence-electron chi connectivity index (χ4n) is 5.19. The van der Waals surface area contributed by atoms with E-state index in [1.807, 2.05) is 42.6 Å². The third kappa shape index (κ3) is 3.57. The van der Waals surface area contributed by atoms with Gasteiger partial charge in [-0.2, -0.15) is 5.10 Å². The van der Waals surface area contributed by atoms with Crippen LogP contribution in [-0.4, -0.2) is 69.8 Å². The second-order valence-corrected chi connectivity index (χ2v) is 9.61. The summed E-state index contributed by atoms with van der Waals surface area (Å²) in [5, 5.41) is 4.49. The van der Waals surface area contributed by atoms with Crippen LogP contribution in [0.2, 0.25) is 0 Å². The highest BCUT2D eigenvalue weighted by molar-refractivity contribution is 5.93. The molecule has 2 unspecified atom stereocenters. The van der Waals surface area contributed by atoms with Crippen molar-refractivity contribution in [2.45, 2.75) is 58.8 Å². The molecule has 0 radical (unpaired) electrons. The van der Waals surface area contributed by atoms with Gasteiger partial charge in [0.15, 0.2) is 0 Å². The Morgan fingerprint density at radius 2 is 2.13 bits per heavy atom. The van der Waals surface area contributed by atoms with Gasteiger partial charge in [0.1, 0.15) is 5.60 Å². The minimum absolute atomic E-state index is 0.0173. The largest absolute Gasteiger partial charge is 0.360 e. The van der Waals surface area contributed by atoms with Gasteiger partial charge in [-0.25, -0.2) is 0 Å². The van der Waals surface area contributed by atoms with Crippen LogP contribution in [0.4, 0.5) is 0 Å². The molecule has 0 saturated carbocycles. The maximum Gasteiger partial charge on any atom is 0.230 e. The molecule has 1 spiro atoms. The van der Waals surface area contributed by atoms with Crippen molar-refractivity contribution in [2.24, 2.45) is 17.8 Å². The van der Waals surface area contributed by atoms with Gasteiger partial charge in [0.2, 0.25) is 11.8 Å². The highest BCUT2D eigenvalue weighted by atomic mass is 16.5. The van der Waals surface area contributed by atoms with Gasteiger partial charge in [-0.1, -0.05) is 26.0 Å². The molecule has 2 saturated heterocycles. The molecule has 0 aliphatic carbocycles. The van der Waals surface area contributed by atoms with Gasteiger partial charge in [0.05, 0.1) is 30.2 Å². The van der Waals surface area contributed by atoms with Gasteiger partial charge in [-0.05, 0) is 38.7 Å². The molecule has 164 valence electrons. The first-order chi connectivity index (χ1) is 14.2. The molecule has 4 rings (SSSR count). The van der Waals surface area contributed by atoms with Crippen molar-refractivity contribution in [1.29, 1.82) is 0 Å². The fourth-order valence-corrected chi connectivity index (χ4v) is 5.19. The second-order valence-electron chi connectivity index (χ2n) is 9.61. The van der Waals surface area contributed by atoms with E-state index in [9.17, 15) is 9.59 Å². The Bertz CT molecular complexity index is 861. The summed E-state index contributed by atoms with van der Waals surface area (Å²) in [5.41, 5.74) is 1.53. The smallest absolute Gasteiger partial charge is 0.230 e. The van der Waals surface area contributed by atoms with E-state index < -0.39 is 11.5 Å². The molecule has 1 aromatic rings. The van der Waals surface area contributed by atoms with E-state index in [4.69, 9.17) is 4.74 Å². The zero-order valence-corrected chi connectivity index (χ0v) is 18.8. The second kappa shape index (κ2) is 7.84. The molecule has 7 nitrogen and oxygen atoms in total. The van der Waals surface area contributed by atoms with E-state index in [-0.39, 0.29) is 23.8 Å². The van der Waals surface area contributed by atoms with Crippen molar-refractivity contribution in [1.82, 2.24) is 19.6 Å². The summed E-state index contributed by atoms with van der Waals surface area (Å²) >= 11 is 0. The van der Waals surface area contributed by atoms with Crippen LogP contribution >= 0.6 is 0 Å². The maximum absolute atomic E-state index is 13.3. The summed E-state index contributed by atoms with van der Waals surface area (Å²) in [5.74, 6) is -0.161. The molecule has 7 heteroatoms. The van der Waals surface area contributed by atoms with E-state index in [1.165, 1.54) is 0 Å². The number of carbonyl (C=O) groups excluding carboxylic acids is 2. The molecule has 2 amide bonds. The standard InChI is InChI=1S/C23H34N4O3/c1-15(2)8-12-26-14-23-9-7-18(30-23)19(20(23)22(26)29)21(28)25(5)10-6-11-27-17(4)13-16(3)24-27/h7,9,13,15,18-20H,6,8,10-12,14H2,1-5H3/t18-,19?,20?,23-/m1/s1. The van der Waals surface area contributed by atoms with Crippen LogP contribution < -0.4 is 0 Å². The van der Waals surface area contributed by atoms with Gasteiger partial charge in [0, 0.05) is 32.4 Å². The predicted molar refractivity (Wildman–Crippen MR) is 114 cm³/mol. The number of ether oxygens (including phenoxy) is 1. The summed E-state index contributed by atoms with van der Waals surface area (Å²) in [4.78, 5) is 30.2. The number of amides is 2. The van der Waals surface area contributed by atoms with E-state index in [2.05, 4.69) is 25.0 Å². The molecule has 3 aliphatic heterocycles. The Morgan fingerprint density at radius 1 is 1.37 bits per heavy atom. The van der Waals surface area contributed by atoms with Crippen molar-refractivity contribution in [2.75, 3.05) is 26.7 Å². The molecular formula is C23H34N4O3. The van der Waals surface area contributed by atoms with Gasteiger partial charge in [0.25, 0.3) is 0 Å². The topological polar surface area (TPSA) is 67.7 Å². The predicted octanol–water partition coefficient (Wildman–Crippen LogP) is 2.18. The van der Waals surface area contributed by atoms with E-state index in [1.54, 1.807) is 4.90 Å². The molecule has 0 N–H and O–H groups in total. The quantitative estimate of drug-likeness (QED) is 0.612. The maximum atomic E-state index is 13.3. The van der Waals surface area contributed by atoms with E-state index >= 15 is 0 Å². The monoisotopic (exact) mass is 414 g/mol. The molecule has 1 aromatic heterocycles. The van der Waals surface area contributed by atoms with Crippen molar-refractivity contribution < 1.29 is 14.3 Å². The number of carbonyl (C=O) groups is 2. The van der Waals surface area contributed by atoms with Crippen molar-refractivity contribution in [3.05, 3.63) is 29.6 Å². The fraction of sp³-hybridized carbons (Fsp3) is 0.696. The van der Waals surface area contributed by atoms with Crippen LogP contribution in [0, 0.1) is 31.6 Å². The summed E-state index contributed by atoms with van der Waals surface area (Å²) in [6.45, 7) is 11.1. The van der Waals surface area contributed by atoms with Crippen molar-refractivity contribution in [3.8, 4) is 0 Å². The molecule has 2 bridgehead atoms. The molecule has 4 atom stereocenters. The third-order valence-corrected chi connectivity index (χ3v) is 6.78. The first-order valence-electron chi connectivity index (χ1n) is 11.1. The zero-order chi connectivity index (χ0) is 21.6. The van der Waals surface area contributed by atoms with Crippen LogP contribution in [0.25, 0.3) is 0 Å². The Morgan fingerprint density at radius 3 is 2.80 bits per heavy atom. The Labute approximate surface area is 179 Å². The van der Waals surface area contributed by atoms with Crippen LogP contribution in [0.3, 0.4) is 0 Å². The van der Waals surface area contributed by atoms with Crippen molar-refractivity contribution in [3.63, 3.8) is 0 Å². The number of nitrogens with zero attached hydrogens (tertiary/aromatic N) is 4. The van der Waals surface area contributed by atoms with Crippen LogP contribution in [-0.2, 0) is 20.9 Å². The Kier molecular flexibility index (Phi) is 5.51. The number of aryl methyl sites for hydroxylation is 3. The van der Waals surface area contributed by atoms with Gasteiger partial charge < -0.3 is 14.5 Å².